The summed E-state index contributed by atoms with van der Waals surface area (Å²) in [7, 11) is -3.43. The minimum Gasteiger partial charge on any atom is -0.325 e. The topological polar surface area (TPSA) is 66.5 Å². The zero-order valence-corrected chi connectivity index (χ0v) is 14.9. The van der Waals surface area contributed by atoms with Gasteiger partial charge in [0.05, 0.1) is 12.8 Å². The summed E-state index contributed by atoms with van der Waals surface area (Å²) in [5, 5.41) is 3.23. The average molecular weight is 359 g/mol. The number of halogens is 1. The van der Waals surface area contributed by atoms with E-state index >= 15 is 0 Å². The summed E-state index contributed by atoms with van der Waals surface area (Å²) in [5.74, 6) is -0.345. The van der Waals surface area contributed by atoms with E-state index in [1.165, 1.54) is 10.6 Å². The first-order valence-corrected chi connectivity index (χ1v) is 10.1. The van der Waals surface area contributed by atoms with Gasteiger partial charge in [0.25, 0.3) is 0 Å². The van der Waals surface area contributed by atoms with Gasteiger partial charge in [0.15, 0.2) is 0 Å². The third kappa shape index (κ3) is 5.79. The third-order valence-corrected chi connectivity index (χ3v) is 5.58. The lowest BCUT2D eigenvalue weighted by atomic mass is 10.1. The molecule has 2 rings (SSSR count). The van der Waals surface area contributed by atoms with Crippen molar-refractivity contribution in [1.29, 1.82) is 0 Å². The summed E-state index contributed by atoms with van der Waals surface area (Å²) in [4.78, 5) is 12.2. The van der Waals surface area contributed by atoms with E-state index in [0.717, 1.165) is 38.5 Å². The van der Waals surface area contributed by atoms with Gasteiger partial charge in [-0.25, -0.2) is 8.42 Å². The molecule has 1 aromatic rings. The highest BCUT2D eigenvalue weighted by molar-refractivity contribution is 7.88. The Labute approximate surface area is 143 Å². The number of nitrogens with zero attached hydrogens (tertiary/aromatic N) is 1. The van der Waals surface area contributed by atoms with Crippen molar-refractivity contribution in [2.24, 2.45) is 0 Å². The fourth-order valence-electron chi connectivity index (χ4n) is 2.97. The maximum Gasteiger partial charge on any atom is 0.239 e. The van der Waals surface area contributed by atoms with Crippen molar-refractivity contribution in [3.63, 3.8) is 0 Å². The summed E-state index contributed by atoms with van der Waals surface area (Å²) in [5.41, 5.74) is 0.566. The zero-order valence-electron chi connectivity index (χ0n) is 13.3. The molecule has 1 amide bonds. The first-order chi connectivity index (χ1) is 10.9. The second kappa shape index (κ2) is 8.13. The summed E-state index contributed by atoms with van der Waals surface area (Å²) in [6.07, 6.45) is 7.07. The monoisotopic (exact) mass is 358 g/mol. The molecule has 0 aliphatic heterocycles. The van der Waals surface area contributed by atoms with Crippen LogP contribution in [-0.4, -0.2) is 37.5 Å². The SMILES string of the molecule is CS(=O)(=O)N(CC(=O)Nc1cccc(Cl)c1)C1CCCCCC1. The van der Waals surface area contributed by atoms with Gasteiger partial charge in [-0.3, -0.25) is 4.79 Å². The maximum absolute atomic E-state index is 12.2. The van der Waals surface area contributed by atoms with Gasteiger partial charge in [0.2, 0.25) is 15.9 Å². The molecule has 0 atom stereocenters. The molecule has 1 aromatic carbocycles. The molecule has 7 heteroatoms. The number of sulfonamides is 1. The van der Waals surface area contributed by atoms with Crippen LogP contribution in [0.4, 0.5) is 5.69 Å². The van der Waals surface area contributed by atoms with Crippen LogP contribution in [0.25, 0.3) is 0 Å². The Kier molecular flexibility index (Phi) is 6.44. The molecule has 0 saturated heterocycles. The molecule has 1 saturated carbocycles. The molecule has 1 aliphatic rings. The number of amides is 1. The highest BCUT2D eigenvalue weighted by Crippen LogP contribution is 2.24. The minimum absolute atomic E-state index is 0.0855. The van der Waals surface area contributed by atoms with Crippen LogP contribution >= 0.6 is 11.6 Å². The molecule has 1 fully saturated rings. The van der Waals surface area contributed by atoms with Gasteiger partial charge in [0.1, 0.15) is 0 Å². The van der Waals surface area contributed by atoms with Gasteiger partial charge < -0.3 is 5.32 Å². The van der Waals surface area contributed by atoms with Gasteiger partial charge in [-0.05, 0) is 31.0 Å². The van der Waals surface area contributed by atoms with E-state index in [1.807, 2.05) is 0 Å². The van der Waals surface area contributed by atoms with Gasteiger partial charge in [0, 0.05) is 16.8 Å². The number of carbonyl (C=O) groups excluding carboxylic acids is 1. The standard InChI is InChI=1S/C16H23ClN2O3S/c1-23(21,22)19(15-9-4-2-3-5-10-15)12-16(20)18-14-8-6-7-13(17)11-14/h6-8,11,15H,2-5,9-10,12H2,1H3,(H,18,20). The van der Waals surface area contributed by atoms with E-state index in [-0.39, 0.29) is 18.5 Å². The second-order valence-electron chi connectivity index (χ2n) is 6.01. The number of anilines is 1. The molecule has 1 aliphatic carbocycles. The Morgan fingerprint density at radius 2 is 1.91 bits per heavy atom. The predicted molar refractivity (Wildman–Crippen MR) is 93.1 cm³/mol. The quantitative estimate of drug-likeness (QED) is 0.821. The normalized spacial score (nSPS) is 17.0. The van der Waals surface area contributed by atoms with Gasteiger partial charge in [-0.15, -0.1) is 0 Å². The molecule has 0 unspecified atom stereocenters. The van der Waals surface area contributed by atoms with E-state index < -0.39 is 10.0 Å². The van der Waals surface area contributed by atoms with Gasteiger partial charge in [-0.1, -0.05) is 43.4 Å². The lowest BCUT2D eigenvalue weighted by molar-refractivity contribution is -0.116. The summed E-state index contributed by atoms with van der Waals surface area (Å²) in [6, 6.07) is 6.72. The van der Waals surface area contributed by atoms with Gasteiger partial charge in [-0.2, -0.15) is 4.31 Å². The smallest absolute Gasteiger partial charge is 0.239 e. The third-order valence-electron chi connectivity index (χ3n) is 4.07. The first-order valence-electron chi connectivity index (χ1n) is 7.88. The van der Waals surface area contributed by atoms with Crippen LogP contribution in [0, 0.1) is 0 Å². The Morgan fingerprint density at radius 3 is 2.48 bits per heavy atom. The van der Waals surface area contributed by atoms with Crippen molar-refractivity contribution < 1.29 is 13.2 Å². The fourth-order valence-corrected chi connectivity index (χ4v) is 4.27. The highest BCUT2D eigenvalue weighted by atomic mass is 35.5. The van der Waals surface area contributed by atoms with Crippen LogP contribution in [0.5, 0.6) is 0 Å². The van der Waals surface area contributed by atoms with Crippen LogP contribution in [0.2, 0.25) is 5.02 Å². The lowest BCUT2D eigenvalue weighted by Gasteiger charge is -2.28. The van der Waals surface area contributed by atoms with E-state index in [9.17, 15) is 13.2 Å². The number of carbonyl (C=O) groups is 1. The van der Waals surface area contributed by atoms with Crippen LogP contribution in [-0.2, 0) is 14.8 Å². The molecule has 0 spiro atoms. The molecule has 0 aromatic heterocycles. The van der Waals surface area contributed by atoms with Crippen LogP contribution in [0.3, 0.4) is 0 Å². The van der Waals surface area contributed by atoms with E-state index in [4.69, 9.17) is 11.6 Å². The molecular formula is C16H23ClN2O3S. The molecule has 5 nitrogen and oxygen atoms in total. The molecular weight excluding hydrogens is 336 g/mol. The molecule has 0 bridgehead atoms. The Bertz CT molecular complexity index is 640. The van der Waals surface area contributed by atoms with Crippen molar-refractivity contribution in [3.8, 4) is 0 Å². The number of benzene rings is 1. The van der Waals surface area contributed by atoms with Crippen molar-refractivity contribution in [2.45, 2.75) is 44.6 Å². The zero-order chi connectivity index (χ0) is 16.9. The second-order valence-corrected chi connectivity index (χ2v) is 8.38. The van der Waals surface area contributed by atoms with Crippen LogP contribution in [0.1, 0.15) is 38.5 Å². The minimum atomic E-state index is -3.43. The Morgan fingerprint density at radius 1 is 1.26 bits per heavy atom. The largest absolute Gasteiger partial charge is 0.325 e. The molecule has 1 N–H and O–H groups in total. The van der Waals surface area contributed by atoms with Crippen molar-refractivity contribution in [3.05, 3.63) is 29.3 Å². The number of hydrogen-bond acceptors (Lipinski definition) is 3. The van der Waals surface area contributed by atoms with Crippen LogP contribution in [0.15, 0.2) is 24.3 Å². The molecule has 128 valence electrons. The fraction of sp³-hybridized carbons (Fsp3) is 0.562. The summed E-state index contributed by atoms with van der Waals surface area (Å²) < 4.78 is 25.6. The Balaban J connectivity index is 2.06. The van der Waals surface area contributed by atoms with Crippen molar-refractivity contribution >= 4 is 33.2 Å². The number of rotatable bonds is 5. The van der Waals surface area contributed by atoms with E-state index in [0.29, 0.717) is 10.7 Å². The van der Waals surface area contributed by atoms with Crippen molar-refractivity contribution in [1.82, 2.24) is 4.31 Å². The summed E-state index contributed by atoms with van der Waals surface area (Å²) in [6.45, 7) is -0.157. The average Bonchev–Trinajstić information content (AvgIpc) is 2.72. The maximum atomic E-state index is 12.2. The van der Waals surface area contributed by atoms with Gasteiger partial charge >= 0.3 is 0 Å². The first kappa shape index (κ1) is 18.2. The highest BCUT2D eigenvalue weighted by Gasteiger charge is 2.29. The number of hydrogen-bond donors (Lipinski definition) is 1. The van der Waals surface area contributed by atoms with E-state index in [1.54, 1.807) is 24.3 Å². The van der Waals surface area contributed by atoms with Crippen molar-refractivity contribution in [2.75, 3.05) is 18.1 Å². The summed E-state index contributed by atoms with van der Waals surface area (Å²) >= 11 is 5.89. The molecule has 23 heavy (non-hydrogen) atoms. The van der Waals surface area contributed by atoms with Crippen LogP contribution < -0.4 is 5.32 Å². The molecule has 0 radical (unpaired) electrons. The molecule has 0 heterocycles. The number of nitrogens with one attached hydrogen (secondary N) is 1. The predicted octanol–water partition coefficient (Wildman–Crippen LogP) is 3.26. The Hall–Kier alpha value is -1.11. The van der Waals surface area contributed by atoms with E-state index in [2.05, 4.69) is 5.32 Å². The lowest BCUT2D eigenvalue weighted by Crippen LogP contribution is -2.44.